The minimum absolute atomic E-state index is 0.0404. The van der Waals surface area contributed by atoms with Crippen LogP contribution in [0.4, 0.5) is 0 Å². The van der Waals surface area contributed by atoms with E-state index in [1.165, 1.54) is 0 Å². The zero-order valence-corrected chi connectivity index (χ0v) is 18.2. The van der Waals surface area contributed by atoms with Crippen LogP contribution in [0.2, 0.25) is 0 Å². The summed E-state index contributed by atoms with van der Waals surface area (Å²) in [4.78, 5) is 15.0. The molecular formula is C25H28N4O2. The molecule has 0 spiro atoms. The number of aryl methyl sites for hydroxylation is 2. The van der Waals surface area contributed by atoms with E-state index in [-0.39, 0.29) is 24.1 Å². The molecule has 160 valence electrons. The van der Waals surface area contributed by atoms with E-state index >= 15 is 0 Å². The van der Waals surface area contributed by atoms with Gasteiger partial charge in [0.15, 0.2) is 0 Å². The molecule has 1 heterocycles. The number of carbonyl (C=O) groups is 1. The first kappa shape index (κ1) is 22.3. The SMILES string of the molecule is C/C(C(=N)c1cc(C(=O)N2CC(c3ccc(C#N)cc3)C2)c(C)cc1C)=C(/N)CCO. The maximum atomic E-state index is 13.2. The molecule has 1 aliphatic heterocycles. The van der Waals surface area contributed by atoms with Crippen molar-refractivity contribution in [2.45, 2.75) is 33.1 Å². The molecule has 4 N–H and O–H groups in total. The first-order valence-electron chi connectivity index (χ1n) is 10.3. The molecule has 0 unspecified atom stereocenters. The Hall–Kier alpha value is -3.43. The summed E-state index contributed by atoms with van der Waals surface area (Å²) >= 11 is 0. The molecule has 0 radical (unpaired) electrons. The number of nitrogens with two attached hydrogens (primary N) is 1. The number of carbonyl (C=O) groups excluding carboxylic acids is 1. The number of nitrogens with one attached hydrogen (secondary N) is 1. The number of amides is 1. The number of allylic oxidation sites excluding steroid dienone is 1. The van der Waals surface area contributed by atoms with Crippen molar-refractivity contribution < 1.29 is 9.90 Å². The second-order valence-electron chi connectivity index (χ2n) is 8.12. The molecule has 6 nitrogen and oxygen atoms in total. The van der Waals surface area contributed by atoms with Gasteiger partial charge in [0.25, 0.3) is 5.91 Å². The van der Waals surface area contributed by atoms with Gasteiger partial charge in [0.05, 0.1) is 17.3 Å². The fourth-order valence-electron chi connectivity index (χ4n) is 3.88. The monoisotopic (exact) mass is 416 g/mol. The van der Waals surface area contributed by atoms with E-state index in [9.17, 15) is 4.79 Å². The van der Waals surface area contributed by atoms with Gasteiger partial charge in [0.2, 0.25) is 0 Å². The number of nitriles is 1. The van der Waals surface area contributed by atoms with Crippen molar-refractivity contribution in [3.05, 3.63) is 81.0 Å². The highest BCUT2D eigenvalue weighted by Gasteiger charge is 2.33. The van der Waals surface area contributed by atoms with Crippen LogP contribution < -0.4 is 5.73 Å². The summed E-state index contributed by atoms with van der Waals surface area (Å²) in [5.74, 6) is 0.227. The van der Waals surface area contributed by atoms with Gasteiger partial charge in [-0.05, 0) is 61.2 Å². The van der Waals surface area contributed by atoms with Crippen LogP contribution in [0.5, 0.6) is 0 Å². The lowest BCUT2D eigenvalue weighted by Crippen LogP contribution is -2.48. The Bertz CT molecular complexity index is 1090. The van der Waals surface area contributed by atoms with Gasteiger partial charge in [0, 0.05) is 48.9 Å². The van der Waals surface area contributed by atoms with Gasteiger partial charge in [-0.1, -0.05) is 18.2 Å². The van der Waals surface area contributed by atoms with E-state index in [1.807, 2.05) is 36.9 Å². The molecule has 1 aliphatic rings. The molecule has 1 saturated heterocycles. The topological polar surface area (TPSA) is 114 Å². The smallest absolute Gasteiger partial charge is 0.254 e. The van der Waals surface area contributed by atoms with Crippen molar-refractivity contribution in [3.63, 3.8) is 0 Å². The van der Waals surface area contributed by atoms with E-state index in [0.29, 0.717) is 47.5 Å². The van der Waals surface area contributed by atoms with Crippen LogP contribution in [0.15, 0.2) is 47.7 Å². The van der Waals surface area contributed by atoms with Crippen LogP contribution in [0.25, 0.3) is 0 Å². The summed E-state index contributed by atoms with van der Waals surface area (Å²) in [6, 6.07) is 13.4. The van der Waals surface area contributed by atoms with Gasteiger partial charge in [-0.15, -0.1) is 0 Å². The largest absolute Gasteiger partial charge is 0.402 e. The first-order valence-corrected chi connectivity index (χ1v) is 10.3. The molecule has 6 heteroatoms. The van der Waals surface area contributed by atoms with Crippen LogP contribution in [0, 0.1) is 30.6 Å². The van der Waals surface area contributed by atoms with Gasteiger partial charge in [-0.3, -0.25) is 10.2 Å². The second kappa shape index (κ2) is 9.15. The van der Waals surface area contributed by atoms with Crippen LogP contribution in [0.3, 0.4) is 0 Å². The van der Waals surface area contributed by atoms with Crippen molar-refractivity contribution in [3.8, 4) is 6.07 Å². The minimum atomic E-state index is -0.0670. The van der Waals surface area contributed by atoms with E-state index in [1.54, 1.807) is 25.1 Å². The lowest BCUT2D eigenvalue weighted by Gasteiger charge is -2.40. The Kier molecular flexibility index (Phi) is 6.57. The Morgan fingerprint density at radius 3 is 2.39 bits per heavy atom. The van der Waals surface area contributed by atoms with Crippen molar-refractivity contribution in [1.82, 2.24) is 4.90 Å². The van der Waals surface area contributed by atoms with Crippen molar-refractivity contribution in [1.29, 1.82) is 10.7 Å². The summed E-state index contributed by atoms with van der Waals surface area (Å²) < 4.78 is 0. The van der Waals surface area contributed by atoms with E-state index in [4.69, 9.17) is 21.5 Å². The molecule has 0 atom stereocenters. The summed E-state index contributed by atoms with van der Waals surface area (Å²) in [5, 5.41) is 26.6. The van der Waals surface area contributed by atoms with Crippen molar-refractivity contribution in [2.24, 2.45) is 5.73 Å². The number of hydrogen-bond donors (Lipinski definition) is 3. The molecule has 3 rings (SSSR count). The molecule has 0 aromatic heterocycles. The molecule has 0 saturated carbocycles. The minimum Gasteiger partial charge on any atom is -0.402 e. The van der Waals surface area contributed by atoms with Gasteiger partial charge in [0.1, 0.15) is 0 Å². The number of likely N-dealkylation sites (tertiary alicyclic amines) is 1. The zero-order valence-electron chi connectivity index (χ0n) is 18.2. The van der Waals surface area contributed by atoms with Gasteiger partial charge in [-0.2, -0.15) is 5.26 Å². The normalized spacial score (nSPS) is 14.5. The molecule has 0 bridgehead atoms. The number of benzene rings is 2. The highest BCUT2D eigenvalue weighted by molar-refractivity contribution is 6.12. The van der Waals surface area contributed by atoms with Crippen LogP contribution in [-0.4, -0.2) is 41.3 Å². The highest BCUT2D eigenvalue weighted by Crippen LogP contribution is 2.30. The standard InChI is InChI=1S/C25H28N4O2/c1-15-10-16(2)22(11-21(15)24(28)17(3)23(27)8-9-30)25(31)29-13-20(14-29)19-6-4-18(12-26)5-7-19/h4-7,10-11,20,28,30H,8-9,13-14,27H2,1-3H3/b23-17-,28-24?. The number of hydrogen-bond acceptors (Lipinski definition) is 5. The number of nitrogens with zero attached hydrogens (tertiary/aromatic N) is 2. The second-order valence-corrected chi connectivity index (χ2v) is 8.12. The summed E-state index contributed by atoms with van der Waals surface area (Å²) in [7, 11) is 0. The number of rotatable bonds is 6. The fraction of sp³-hybridized carbons (Fsp3) is 0.320. The molecule has 1 amide bonds. The fourth-order valence-corrected chi connectivity index (χ4v) is 3.88. The predicted octanol–water partition coefficient (Wildman–Crippen LogP) is 3.40. The van der Waals surface area contributed by atoms with Gasteiger partial charge >= 0.3 is 0 Å². The van der Waals surface area contributed by atoms with Gasteiger partial charge in [-0.25, -0.2) is 0 Å². The molecule has 2 aromatic rings. The summed E-state index contributed by atoms with van der Waals surface area (Å²) in [5.41, 5.74) is 12.2. The molecular weight excluding hydrogens is 388 g/mol. The van der Waals surface area contributed by atoms with E-state index in [0.717, 1.165) is 16.7 Å². The maximum Gasteiger partial charge on any atom is 0.254 e. The quantitative estimate of drug-likeness (QED) is 0.626. The first-order chi connectivity index (χ1) is 14.8. The third-order valence-electron chi connectivity index (χ3n) is 5.99. The molecule has 1 fully saturated rings. The third-order valence-corrected chi connectivity index (χ3v) is 5.99. The third kappa shape index (κ3) is 4.52. The van der Waals surface area contributed by atoms with E-state index in [2.05, 4.69) is 6.07 Å². The lowest BCUT2D eigenvalue weighted by molar-refractivity contribution is 0.0601. The average Bonchev–Trinajstić information content (AvgIpc) is 2.72. The number of aliphatic hydroxyl groups is 1. The van der Waals surface area contributed by atoms with Crippen LogP contribution in [0.1, 0.15) is 57.4 Å². The van der Waals surface area contributed by atoms with Crippen molar-refractivity contribution >= 4 is 11.6 Å². The summed E-state index contributed by atoms with van der Waals surface area (Å²) in [6.07, 6.45) is 0.315. The molecule has 0 aliphatic carbocycles. The van der Waals surface area contributed by atoms with Crippen LogP contribution in [-0.2, 0) is 0 Å². The lowest BCUT2D eigenvalue weighted by atomic mass is 9.88. The van der Waals surface area contributed by atoms with Crippen molar-refractivity contribution in [2.75, 3.05) is 19.7 Å². The summed E-state index contributed by atoms with van der Waals surface area (Å²) in [6.45, 7) is 6.80. The Morgan fingerprint density at radius 2 is 1.81 bits per heavy atom. The Morgan fingerprint density at radius 1 is 1.19 bits per heavy atom. The average molecular weight is 417 g/mol. The van der Waals surface area contributed by atoms with Crippen LogP contribution >= 0.6 is 0 Å². The Labute approximate surface area is 183 Å². The molecule has 31 heavy (non-hydrogen) atoms. The Balaban J connectivity index is 1.79. The van der Waals surface area contributed by atoms with Gasteiger partial charge < -0.3 is 15.7 Å². The molecule has 2 aromatic carbocycles. The maximum absolute atomic E-state index is 13.2. The zero-order chi connectivity index (χ0) is 22.7. The van der Waals surface area contributed by atoms with E-state index < -0.39 is 0 Å². The highest BCUT2D eigenvalue weighted by atomic mass is 16.3. The predicted molar refractivity (Wildman–Crippen MR) is 121 cm³/mol. The number of aliphatic hydroxyl groups excluding tert-OH is 1.